The van der Waals surface area contributed by atoms with Crippen molar-refractivity contribution in [3.05, 3.63) is 52.5 Å². The highest BCUT2D eigenvalue weighted by Crippen LogP contribution is 2.27. The molecule has 2 aromatic carbocycles. The van der Waals surface area contributed by atoms with Gasteiger partial charge in [-0.25, -0.2) is 0 Å². The van der Waals surface area contributed by atoms with Crippen molar-refractivity contribution in [1.82, 2.24) is 0 Å². The first kappa shape index (κ1) is 17.2. The second-order valence-electron chi connectivity index (χ2n) is 5.32. The molecule has 0 saturated carbocycles. The third kappa shape index (κ3) is 4.63. The molecule has 0 spiro atoms. The SMILES string of the molecule is COc1ccc(NC(=O)CCNc2cccc(C)c2C)cc1Cl. The summed E-state index contributed by atoms with van der Waals surface area (Å²) in [7, 11) is 1.55. The molecule has 0 fully saturated rings. The van der Waals surface area contributed by atoms with Gasteiger partial charge in [0.25, 0.3) is 0 Å². The lowest BCUT2D eigenvalue weighted by atomic mass is 10.1. The zero-order valence-corrected chi connectivity index (χ0v) is 14.3. The molecule has 0 radical (unpaired) electrons. The smallest absolute Gasteiger partial charge is 0.226 e. The lowest BCUT2D eigenvalue weighted by Crippen LogP contribution is -2.16. The molecule has 0 bridgehead atoms. The third-order valence-electron chi connectivity index (χ3n) is 3.71. The number of nitrogens with one attached hydrogen (secondary N) is 2. The van der Waals surface area contributed by atoms with Crippen LogP contribution in [0.3, 0.4) is 0 Å². The number of benzene rings is 2. The van der Waals surface area contributed by atoms with E-state index < -0.39 is 0 Å². The molecule has 1 amide bonds. The zero-order valence-electron chi connectivity index (χ0n) is 13.6. The molecular formula is C18H21ClN2O2. The summed E-state index contributed by atoms with van der Waals surface area (Å²) in [5.41, 5.74) is 4.15. The van der Waals surface area contributed by atoms with Gasteiger partial charge < -0.3 is 15.4 Å². The Morgan fingerprint density at radius 1 is 1.22 bits per heavy atom. The van der Waals surface area contributed by atoms with Crippen LogP contribution in [0.15, 0.2) is 36.4 Å². The van der Waals surface area contributed by atoms with Gasteiger partial charge in [-0.05, 0) is 49.2 Å². The maximum absolute atomic E-state index is 12.0. The molecule has 23 heavy (non-hydrogen) atoms. The number of methoxy groups -OCH3 is 1. The van der Waals surface area contributed by atoms with Gasteiger partial charge in [0.1, 0.15) is 5.75 Å². The number of amides is 1. The Labute approximate surface area is 141 Å². The normalized spacial score (nSPS) is 10.3. The molecule has 0 aliphatic heterocycles. The van der Waals surface area contributed by atoms with Crippen molar-refractivity contribution < 1.29 is 9.53 Å². The second-order valence-corrected chi connectivity index (χ2v) is 5.73. The molecule has 0 atom stereocenters. The number of hydrogen-bond acceptors (Lipinski definition) is 3. The van der Waals surface area contributed by atoms with Crippen LogP contribution in [0.5, 0.6) is 5.75 Å². The minimum absolute atomic E-state index is 0.0657. The van der Waals surface area contributed by atoms with Gasteiger partial charge in [-0.3, -0.25) is 4.79 Å². The van der Waals surface area contributed by atoms with E-state index in [9.17, 15) is 4.79 Å². The van der Waals surface area contributed by atoms with Crippen LogP contribution >= 0.6 is 11.6 Å². The standard InChI is InChI=1S/C18H21ClN2O2/c1-12-5-4-6-16(13(12)2)20-10-9-18(22)21-14-7-8-17(23-3)15(19)11-14/h4-8,11,20H,9-10H2,1-3H3,(H,21,22). The number of aryl methyl sites for hydroxylation is 1. The summed E-state index contributed by atoms with van der Waals surface area (Å²) in [5.74, 6) is 0.519. The van der Waals surface area contributed by atoms with Gasteiger partial charge >= 0.3 is 0 Å². The maximum Gasteiger partial charge on any atom is 0.226 e. The number of ether oxygens (including phenoxy) is 1. The molecule has 5 heteroatoms. The molecule has 0 aliphatic carbocycles. The Bertz CT molecular complexity index is 701. The summed E-state index contributed by atoms with van der Waals surface area (Å²) < 4.78 is 5.08. The number of rotatable bonds is 6. The monoisotopic (exact) mass is 332 g/mol. The molecular weight excluding hydrogens is 312 g/mol. The fourth-order valence-electron chi connectivity index (χ4n) is 2.22. The topological polar surface area (TPSA) is 50.4 Å². The first-order valence-corrected chi connectivity index (χ1v) is 7.82. The van der Waals surface area contributed by atoms with Gasteiger partial charge in [-0.1, -0.05) is 23.7 Å². The van der Waals surface area contributed by atoms with E-state index in [0.29, 0.717) is 29.4 Å². The fourth-order valence-corrected chi connectivity index (χ4v) is 2.48. The summed E-state index contributed by atoms with van der Waals surface area (Å²) in [6.07, 6.45) is 0.372. The maximum atomic E-state index is 12.0. The van der Waals surface area contributed by atoms with Gasteiger partial charge in [-0.2, -0.15) is 0 Å². The highest BCUT2D eigenvalue weighted by atomic mass is 35.5. The van der Waals surface area contributed by atoms with Crippen molar-refractivity contribution in [1.29, 1.82) is 0 Å². The highest BCUT2D eigenvalue weighted by molar-refractivity contribution is 6.32. The molecule has 0 heterocycles. The number of carbonyl (C=O) groups is 1. The van der Waals surface area contributed by atoms with E-state index in [4.69, 9.17) is 16.3 Å². The number of anilines is 2. The van der Waals surface area contributed by atoms with E-state index in [1.54, 1.807) is 25.3 Å². The number of halogens is 1. The first-order chi connectivity index (χ1) is 11.0. The van der Waals surface area contributed by atoms with Gasteiger partial charge in [0.2, 0.25) is 5.91 Å². The van der Waals surface area contributed by atoms with Crippen molar-refractivity contribution in [3.8, 4) is 5.75 Å². The predicted molar refractivity (Wildman–Crippen MR) is 95.7 cm³/mol. The molecule has 0 saturated heterocycles. The Kier molecular flexibility index (Phi) is 5.88. The predicted octanol–water partition coefficient (Wildman–Crippen LogP) is 4.41. The lowest BCUT2D eigenvalue weighted by Gasteiger charge is -2.12. The Morgan fingerprint density at radius 2 is 2.00 bits per heavy atom. The largest absolute Gasteiger partial charge is 0.495 e. The molecule has 2 rings (SSSR count). The highest BCUT2D eigenvalue weighted by Gasteiger charge is 2.06. The quantitative estimate of drug-likeness (QED) is 0.824. The number of hydrogen-bond donors (Lipinski definition) is 2. The van der Waals surface area contributed by atoms with Crippen LogP contribution in [-0.2, 0) is 4.79 Å². The summed E-state index contributed by atoms with van der Waals surface area (Å²) in [6.45, 7) is 4.71. The van der Waals surface area contributed by atoms with E-state index in [2.05, 4.69) is 30.5 Å². The fraction of sp³-hybridized carbons (Fsp3) is 0.278. The van der Waals surface area contributed by atoms with Crippen molar-refractivity contribution in [2.45, 2.75) is 20.3 Å². The van der Waals surface area contributed by atoms with Crippen LogP contribution in [0.2, 0.25) is 5.02 Å². The van der Waals surface area contributed by atoms with E-state index >= 15 is 0 Å². The summed E-state index contributed by atoms with van der Waals surface area (Å²) in [5, 5.41) is 6.59. The molecule has 4 nitrogen and oxygen atoms in total. The van der Waals surface area contributed by atoms with E-state index in [-0.39, 0.29) is 5.91 Å². The Morgan fingerprint density at radius 3 is 2.70 bits per heavy atom. The zero-order chi connectivity index (χ0) is 16.8. The molecule has 122 valence electrons. The lowest BCUT2D eigenvalue weighted by molar-refractivity contribution is -0.115. The van der Waals surface area contributed by atoms with E-state index in [0.717, 1.165) is 5.69 Å². The molecule has 0 unspecified atom stereocenters. The minimum atomic E-state index is -0.0657. The van der Waals surface area contributed by atoms with Gasteiger partial charge in [0, 0.05) is 24.3 Å². The van der Waals surface area contributed by atoms with Crippen molar-refractivity contribution in [2.75, 3.05) is 24.3 Å². The van der Waals surface area contributed by atoms with Gasteiger partial charge in [-0.15, -0.1) is 0 Å². The molecule has 2 N–H and O–H groups in total. The van der Waals surface area contributed by atoms with E-state index in [1.165, 1.54) is 11.1 Å². The second kappa shape index (κ2) is 7.88. The van der Waals surface area contributed by atoms with Crippen LogP contribution in [0.1, 0.15) is 17.5 Å². The Balaban J connectivity index is 1.86. The summed E-state index contributed by atoms with van der Waals surface area (Å²) >= 11 is 6.04. The first-order valence-electron chi connectivity index (χ1n) is 7.44. The van der Waals surface area contributed by atoms with Crippen LogP contribution < -0.4 is 15.4 Å². The molecule has 0 aromatic heterocycles. The average molecular weight is 333 g/mol. The third-order valence-corrected chi connectivity index (χ3v) is 4.00. The van der Waals surface area contributed by atoms with Crippen LogP contribution in [0.25, 0.3) is 0 Å². The summed E-state index contributed by atoms with van der Waals surface area (Å²) in [6, 6.07) is 11.3. The van der Waals surface area contributed by atoms with E-state index in [1.807, 2.05) is 12.1 Å². The minimum Gasteiger partial charge on any atom is -0.495 e. The van der Waals surface area contributed by atoms with Gasteiger partial charge in [0.15, 0.2) is 0 Å². The average Bonchev–Trinajstić information content (AvgIpc) is 2.51. The van der Waals surface area contributed by atoms with Crippen molar-refractivity contribution in [3.63, 3.8) is 0 Å². The molecule has 0 aliphatic rings. The van der Waals surface area contributed by atoms with Crippen molar-refractivity contribution in [2.24, 2.45) is 0 Å². The van der Waals surface area contributed by atoms with Crippen LogP contribution in [0, 0.1) is 13.8 Å². The van der Waals surface area contributed by atoms with Gasteiger partial charge in [0.05, 0.1) is 12.1 Å². The van der Waals surface area contributed by atoms with Crippen LogP contribution in [0.4, 0.5) is 11.4 Å². The van der Waals surface area contributed by atoms with Crippen LogP contribution in [-0.4, -0.2) is 19.6 Å². The molecule has 2 aromatic rings. The van der Waals surface area contributed by atoms with Crippen molar-refractivity contribution >= 4 is 28.9 Å². The summed E-state index contributed by atoms with van der Waals surface area (Å²) in [4.78, 5) is 12.0. The Hall–Kier alpha value is -2.20. The number of carbonyl (C=O) groups excluding carboxylic acids is 1.